The van der Waals surface area contributed by atoms with Crippen LogP contribution in [0.15, 0.2) is 36.4 Å². The van der Waals surface area contributed by atoms with Crippen LogP contribution >= 0.6 is 19.4 Å². The van der Waals surface area contributed by atoms with Crippen molar-refractivity contribution in [3.8, 4) is 0 Å². The molecule has 1 unspecified atom stereocenters. The molecule has 0 aliphatic rings. The molecule has 0 bridgehead atoms. The Morgan fingerprint density at radius 1 is 1.07 bits per heavy atom. The molecular weight excluding hydrogens is 397 g/mol. The van der Waals surface area contributed by atoms with Crippen molar-refractivity contribution in [3.63, 3.8) is 0 Å². The van der Waals surface area contributed by atoms with Crippen LogP contribution in [0.3, 0.4) is 0 Å². The molecular formula is C21H36ClNO4P+. The molecule has 0 radical (unpaired) electrons. The molecule has 1 aromatic carbocycles. The van der Waals surface area contributed by atoms with Crippen molar-refractivity contribution in [2.24, 2.45) is 0 Å². The van der Waals surface area contributed by atoms with Crippen molar-refractivity contribution in [2.75, 3.05) is 19.6 Å². The third kappa shape index (κ3) is 9.21. The zero-order chi connectivity index (χ0) is 21.0. The number of rotatable bonds is 14. The number of likely N-dealkylation sites (N-methyl/N-ethyl adjacent to an activating group) is 1. The van der Waals surface area contributed by atoms with Crippen molar-refractivity contribution in [2.45, 2.75) is 65.5 Å². The lowest BCUT2D eigenvalue weighted by Gasteiger charge is -2.41. The van der Waals surface area contributed by atoms with Crippen LogP contribution in [-0.4, -0.2) is 40.1 Å². The Morgan fingerprint density at radius 2 is 1.68 bits per heavy atom. The zero-order valence-electron chi connectivity index (χ0n) is 17.4. The highest BCUT2D eigenvalue weighted by Gasteiger charge is 2.37. The summed E-state index contributed by atoms with van der Waals surface area (Å²) in [6.45, 7) is 8.64. The van der Waals surface area contributed by atoms with Gasteiger partial charge in [0.15, 0.2) is 0 Å². The largest absolute Gasteiger partial charge is 0.474 e. The summed E-state index contributed by atoms with van der Waals surface area (Å²) in [7, 11) is -4.60. The number of quaternary nitrogens is 1. The van der Waals surface area contributed by atoms with E-state index in [4.69, 9.17) is 16.1 Å². The number of phosphoric acid groups is 1. The van der Waals surface area contributed by atoms with Gasteiger partial charge in [-0.15, -0.1) is 0 Å². The zero-order valence-corrected chi connectivity index (χ0v) is 19.0. The van der Waals surface area contributed by atoms with Crippen LogP contribution in [0.4, 0.5) is 0 Å². The summed E-state index contributed by atoms with van der Waals surface area (Å²) < 4.78 is 17.4. The average molecular weight is 433 g/mol. The van der Waals surface area contributed by atoms with Gasteiger partial charge < -0.3 is 9.79 Å². The van der Waals surface area contributed by atoms with Gasteiger partial charge >= 0.3 is 7.82 Å². The van der Waals surface area contributed by atoms with Crippen molar-refractivity contribution in [1.82, 2.24) is 0 Å². The van der Waals surface area contributed by atoms with Gasteiger partial charge in [-0.05, 0) is 56.9 Å². The molecule has 0 amide bonds. The lowest BCUT2D eigenvalue weighted by atomic mass is 10.1. The minimum Gasteiger partial charge on any atom is -0.302 e. The lowest BCUT2D eigenvalue weighted by Crippen LogP contribution is -2.55. The van der Waals surface area contributed by atoms with Gasteiger partial charge in [0.1, 0.15) is 0 Å². The van der Waals surface area contributed by atoms with Crippen LogP contribution in [0.5, 0.6) is 0 Å². The Balaban J connectivity index is 2.91. The van der Waals surface area contributed by atoms with Crippen LogP contribution in [0.25, 0.3) is 0 Å². The van der Waals surface area contributed by atoms with Gasteiger partial charge in [-0.25, -0.2) is 9.09 Å². The first kappa shape index (κ1) is 25.4. The highest BCUT2D eigenvalue weighted by molar-refractivity contribution is 7.46. The summed E-state index contributed by atoms with van der Waals surface area (Å²) in [5.41, 5.74) is 1.08. The maximum atomic E-state index is 11.6. The molecule has 0 aliphatic carbocycles. The van der Waals surface area contributed by atoms with Crippen molar-refractivity contribution in [3.05, 3.63) is 47.0 Å². The maximum absolute atomic E-state index is 11.6. The number of unbranched alkanes of at least 4 members (excludes halogenated alkanes) is 4. The van der Waals surface area contributed by atoms with Gasteiger partial charge in [0.2, 0.25) is 6.23 Å². The second kappa shape index (κ2) is 12.8. The molecule has 0 saturated heterocycles. The monoisotopic (exact) mass is 432 g/mol. The predicted molar refractivity (Wildman–Crippen MR) is 116 cm³/mol. The molecule has 0 aromatic heterocycles. The minimum absolute atomic E-state index is 0.508. The van der Waals surface area contributed by atoms with Crippen LogP contribution < -0.4 is 0 Å². The lowest BCUT2D eigenvalue weighted by molar-refractivity contribution is -0.958. The molecule has 2 N–H and O–H groups in total. The van der Waals surface area contributed by atoms with Gasteiger partial charge in [0.25, 0.3) is 0 Å². The van der Waals surface area contributed by atoms with Gasteiger partial charge in [0, 0.05) is 5.02 Å². The van der Waals surface area contributed by atoms with E-state index < -0.39 is 14.1 Å². The number of phosphoric ester groups is 1. The molecule has 5 nitrogen and oxygen atoms in total. The fourth-order valence-electron chi connectivity index (χ4n) is 3.46. The van der Waals surface area contributed by atoms with Crippen molar-refractivity contribution in [1.29, 1.82) is 0 Å². The Bertz CT molecular complexity index is 626. The second-order valence-electron chi connectivity index (χ2n) is 7.23. The number of hydrogen-bond donors (Lipinski definition) is 2. The van der Waals surface area contributed by atoms with Gasteiger partial charge in [-0.3, -0.25) is 4.48 Å². The number of benzene rings is 1. The van der Waals surface area contributed by atoms with E-state index in [0.717, 1.165) is 38.0 Å². The quantitative estimate of drug-likeness (QED) is 0.130. The highest BCUT2D eigenvalue weighted by Crippen LogP contribution is 2.40. The Morgan fingerprint density at radius 3 is 2.21 bits per heavy atom. The average Bonchev–Trinajstić information content (AvgIpc) is 2.65. The van der Waals surface area contributed by atoms with E-state index in [-0.39, 0.29) is 0 Å². The third-order valence-corrected chi connectivity index (χ3v) is 6.06. The van der Waals surface area contributed by atoms with E-state index in [1.807, 2.05) is 36.4 Å². The van der Waals surface area contributed by atoms with E-state index in [0.29, 0.717) is 15.9 Å². The third-order valence-electron chi connectivity index (χ3n) is 5.32. The molecule has 0 heterocycles. The van der Waals surface area contributed by atoms with Crippen LogP contribution in [0, 0.1) is 0 Å². The molecule has 0 spiro atoms. The summed E-state index contributed by atoms with van der Waals surface area (Å²) in [4.78, 5) is 18.9. The SMILES string of the molecule is CCCCCCC[N+](CC)(CC)C(C=CCc1ccc(Cl)cc1)OP(=O)(O)O. The smallest absolute Gasteiger partial charge is 0.302 e. The van der Waals surface area contributed by atoms with Crippen LogP contribution in [0.2, 0.25) is 5.02 Å². The molecule has 0 aliphatic heterocycles. The molecule has 28 heavy (non-hydrogen) atoms. The molecule has 7 heteroatoms. The van der Waals surface area contributed by atoms with Gasteiger partial charge in [-0.1, -0.05) is 56.0 Å². The first-order valence-electron chi connectivity index (χ1n) is 10.3. The number of allylic oxidation sites excluding steroid dienone is 1. The van der Waals surface area contributed by atoms with Gasteiger partial charge in [0.05, 0.1) is 19.6 Å². The molecule has 0 saturated carbocycles. The summed E-state index contributed by atoms with van der Waals surface area (Å²) in [6.07, 6.45) is 9.49. The molecule has 1 atom stereocenters. The van der Waals surface area contributed by atoms with E-state index in [2.05, 4.69) is 20.8 Å². The first-order chi connectivity index (χ1) is 13.3. The summed E-state index contributed by atoms with van der Waals surface area (Å²) in [6, 6.07) is 7.56. The molecule has 160 valence electrons. The first-order valence-corrected chi connectivity index (χ1v) is 12.2. The van der Waals surface area contributed by atoms with Gasteiger partial charge in [-0.2, -0.15) is 0 Å². The highest BCUT2D eigenvalue weighted by atomic mass is 35.5. The fraction of sp³-hybridized carbons (Fsp3) is 0.619. The maximum Gasteiger partial charge on any atom is 0.474 e. The van der Waals surface area contributed by atoms with Crippen LogP contribution in [0.1, 0.15) is 58.4 Å². The Labute approximate surface area is 175 Å². The predicted octanol–water partition coefficient (Wildman–Crippen LogP) is 5.70. The number of halogens is 1. The van der Waals surface area contributed by atoms with Crippen molar-refractivity contribution >= 4 is 19.4 Å². The number of nitrogens with zero attached hydrogens (tertiary/aromatic N) is 1. The number of hydrogen-bond acceptors (Lipinski definition) is 2. The molecule has 1 aromatic rings. The van der Waals surface area contributed by atoms with E-state index >= 15 is 0 Å². The van der Waals surface area contributed by atoms with E-state index in [9.17, 15) is 14.4 Å². The van der Waals surface area contributed by atoms with Crippen LogP contribution in [-0.2, 0) is 15.5 Å². The Hall–Kier alpha value is -0.680. The Kier molecular flexibility index (Phi) is 11.6. The summed E-state index contributed by atoms with van der Waals surface area (Å²) in [5.74, 6) is 0. The second-order valence-corrected chi connectivity index (χ2v) is 8.86. The fourth-order valence-corrected chi connectivity index (χ4v) is 4.13. The van der Waals surface area contributed by atoms with E-state index in [1.54, 1.807) is 0 Å². The summed E-state index contributed by atoms with van der Waals surface area (Å²) >= 11 is 5.92. The molecule has 1 rings (SSSR count). The standard InChI is InChI=1S/C21H35ClNO4P/c1-4-7-8-9-10-18-23(5-2,6-3)21(27-28(24,25)26)13-11-12-19-14-16-20(22)17-15-19/h11,13-17,21H,4-10,12,18H2,1-3H3,(H-,24,25,26)/p+1. The summed E-state index contributed by atoms with van der Waals surface area (Å²) in [5, 5.41) is 0.686. The van der Waals surface area contributed by atoms with Crippen molar-refractivity contribution < 1.29 is 23.4 Å². The normalized spacial score (nSPS) is 13.9. The topological polar surface area (TPSA) is 66.8 Å². The minimum atomic E-state index is -4.60. The molecule has 0 fully saturated rings. The van der Waals surface area contributed by atoms with E-state index in [1.165, 1.54) is 19.3 Å².